The highest BCUT2D eigenvalue weighted by Crippen LogP contribution is 2.45. The van der Waals surface area contributed by atoms with E-state index in [4.69, 9.17) is 14.9 Å². The maximum atomic E-state index is 9.68. The van der Waals surface area contributed by atoms with Crippen molar-refractivity contribution in [3.8, 4) is 23.2 Å². The van der Waals surface area contributed by atoms with Gasteiger partial charge in [0, 0.05) is 0 Å². The summed E-state index contributed by atoms with van der Waals surface area (Å²) >= 11 is 0. The molecule has 1 aromatic carbocycles. The first kappa shape index (κ1) is 15.8. The number of furan rings is 1. The number of nitrogens with two attached hydrogens (primary N) is 1. The summed E-state index contributed by atoms with van der Waals surface area (Å²) < 4.78 is 11.0. The van der Waals surface area contributed by atoms with Gasteiger partial charge in [-0.1, -0.05) is 35.9 Å². The lowest BCUT2D eigenvalue weighted by Gasteiger charge is -2.24. The highest BCUT2D eigenvalue weighted by atomic mass is 16.5. The number of ether oxygens (including phenoxy) is 1. The molecule has 0 spiro atoms. The molecule has 0 amide bonds. The van der Waals surface area contributed by atoms with Gasteiger partial charge in [0.2, 0.25) is 11.8 Å². The predicted octanol–water partition coefficient (Wildman–Crippen LogP) is 3.94. The number of benzene rings is 1. The van der Waals surface area contributed by atoms with Gasteiger partial charge >= 0.3 is 0 Å². The molecule has 6 nitrogen and oxygen atoms in total. The van der Waals surface area contributed by atoms with Crippen LogP contribution in [0.3, 0.4) is 0 Å². The smallest absolute Gasteiger partial charge is 0.244 e. The second-order valence-electron chi connectivity index (χ2n) is 6.01. The summed E-state index contributed by atoms with van der Waals surface area (Å²) in [6.07, 6.45) is 3.50. The van der Waals surface area contributed by atoms with Crippen LogP contribution < -0.4 is 10.5 Å². The molecule has 0 saturated heterocycles. The van der Waals surface area contributed by atoms with Crippen LogP contribution in [0.2, 0.25) is 0 Å². The van der Waals surface area contributed by atoms with Crippen LogP contribution in [0.4, 0.5) is 0 Å². The Bertz CT molecular complexity index is 1040. The number of H-pyrrole nitrogens is 1. The average molecular weight is 344 g/mol. The molecule has 0 fully saturated rings. The van der Waals surface area contributed by atoms with Crippen molar-refractivity contribution in [2.75, 3.05) is 0 Å². The zero-order valence-electron chi connectivity index (χ0n) is 14.1. The van der Waals surface area contributed by atoms with Crippen molar-refractivity contribution >= 4 is 6.08 Å². The van der Waals surface area contributed by atoms with Crippen molar-refractivity contribution in [2.24, 2.45) is 5.73 Å². The summed E-state index contributed by atoms with van der Waals surface area (Å²) in [4.78, 5) is 0. The predicted molar refractivity (Wildman–Crippen MR) is 96.6 cm³/mol. The second kappa shape index (κ2) is 6.30. The molecule has 3 N–H and O–H groups in total. The number of fused-ring (bicyclic) bond motifs is 1. The van der Waals surface area contributed by atoms with Crippen molar-refractivity contribution in [1.82, 2.24) is 10.2 Å². The third kappa shape index (κ3) is 2.56. The van der Waals surface area contributed by atoms with Crippen molar-refractivity contribution in [2.45, 2.75) is 12.8 Å². The van der Waals surface area contributed by atoms with Gasteiger partial charge in [0.05, 0.1) is 23.4 Å². The molecule has 0 saturated carbocycles. The summed E-state index contributed by atoms with van der Waals surface area (Å²) in [6.45, 7) is 1.94. The van der Waals surface area contributed by atoms with Crippen LogP contribution in [-0.2, 0) is 0 Å². The fourth-order valence-electron chi connectivity index (χ4n) is 3.21. The lowest BCUT2D eigenvalue weighted by atomic mass is 9.83. The fourth-order valence-corrected chi connectivity index (χ4v) is 3.21. The molecular weight excluding hydrogens is 328 g/mol. The Hall–Kier alpha value is -3.72. The first-order valence-corrected chi connectivity index (χ1v) is 8.12. The van der Waals surface area contributed by atoms with Gasteiger partial charge in [-0.15, -0.1) is 5.10 Å². The Morgan fingerprint density at radius 3 is 2.77 bits per heavy atom. The SMILES string of the molecule is CC(=Cc1ccco1)[C@@H]1C(C#N)=C(N)Oc2n[nH]c(-c3ccccc3)c21. The normalized spacial score (nSPS) is 16.8. The highest BCUT2D eigenvalue weighted by Gasteiger charge is 2.35. The minimum absolute atomic E-state index is 0.0725. The minimum atomic E-state index is -0.372. The van der Waals surface area contributed by atoms with E-state index in [1.165, 1.54) is 0 Å². The summed E-state index contributed by atoms with van der Waals surface area (Å²) in [5.74, 6) is 0.791. The topological polar surface area (TPSA) is 101 Å². The Labute approximate surface area is 150 Å². The summed E-state index contributed by atoms with van der Waals surface area (Å²) in [6, 6.07) is 15.7. The highest BCUT2D eigenvalue weighted by molar-refractivity contribution is 5.71. The first-order valence-electron chi connectivity index (χ1n) is 8.12. The molecule has 2 aromatic heterocycles. The lowest BCUT2D eigenvalue weighted by molar-refractivity contribution is 0.378. The number of aromatic amines is 1. The van der Waals surface area contributed by atoms with Gasteiger partial charge in [-0.3, -0.25) is 5.10 Å². The maximum absolute atomic E-state index is 9.68. The molecule has 3 heterocycles. The van der Waals surface area contributed by atoms with Crippen LogP contribution in [-0.4, -0.2) is 10.2 Å². The molecule has 0 aliphatic carbocycles. The molecule has 128 valence electrons. The van der Waals surface area contributed by atoms with E-state index < -0.39 is 0 Å². The molecule has 6 heteroatoms. The van der Waals surface area contributed by atoms with Crippen LogP contribution >= 0.6 is 0 Å². The zero-order chi connectivity index (χ0) is 18.1. The fraction of sp³-hybridized carbons (Fsp3) is 0.100. The van der Waals surface area contributed by atoms with Crippen LogP contribution in [0.15, 0.2) is 70.2 Å². The Morgan fingerprint density at radius 1 is 1.27 bits per heavy atom. The number of allylic oxidation sites excluding steroid dienone is 2. The number of hydrogen-bond donors (Lipinski definition) is 2. The van der Waals surface area contributed by atoms with E-state index in [2.05, 4.69) is 16.3 Å². The molecule has 1 aliphatic heterocycles. The molecule has 0 radical (unpaired) electrons. The number of nitriles is 1. The van der Waals surface area contributed by atoms with Gasteiger partial charge in [-0.05, 0) is 30.7 Å². The Kier molecular flexibility index (Phi) is 3.82. The lowest BCUT2D eigenvalue weighted by Crippen LogP contribution is -2.20. The van der Waals surface area contributed by atoms with E-state index in [0.29, 0.717) is 17.2 Å². The molecule has 1 aliphatic rings. The van der Waals surface area contributed by atoms with Crippen molar-refractivity contribution in [1.29, 1.82) is 5.26 Å². The summed E-state index contributed by atoms with van der Waals surface area (Å²) in [5, 5.41) is 17.0. The van der Waals surface area contributed by atoms with Crippen molar-refractivity contribution < 1.29 is 9.15 Å². The average Bonchev–Trinajstić information content (AvgIpc) is 3.30. The zero-order valence-corrected chi connectivity index (χ0v) is 14.1. The standard InChI is InChI=1S/C20H16N4O2/c1-12(10-14-8-5-9-25-14)16-15(11-21)19(22)26-20-17(16)18(23-24-20)13-6-3-2-4-7-13/h2-10,16H,22H2,1H3,(H,23,24)/t16-/m1/s1. The van der Waals surface area contributed by atoms with Gasteiger partial charge < -0.3 is 14.9 Å². The van der Waals surface area contributed by atoms with E-state index in [0.717, 1.165) is 22.4 Å². The monoisotopic (exact) mass is 344 g/mol. The van der Waals surface area contributed by atoms with Gasteiger partial charge in [0.15, 0.2) is 0 Å². The van der Waals surface area contributed by atoms with Gasteiger partial charge in [-0.2, -0.15) is 5.26 Å². The molecular formula is C20H16N4O2. The summed E-state index contributed by atoms with van der Waals surface area (Å²) in [5.41, 5.74) is 9.80. The Morgan fingerprint density at radius 2 is 2.08 bits per heavy atom. The first-order chi connectivity index (χ1) is 12.7. The van der Waals surface area contributed by atoms with Gasteiger partial charge in [-0.25, -0.2) is 0 Å². The number of rotatable bonds is 3. The molecule has 3 aromatic rings. The van der Waals surface area contributed by atoms with Crippen molar-refractivity contribution in [3.63, 3.8) is 0 Å². The minimum Gasteiger partial charge on any atom is -0.465 e. The third-order valence-corrected chi connectivity index (χ3v) is 4.37. The third-order valence-electron chi connectivity index (χ3n) is 4.37. The molecule has 0 bridgehead atoms. The van der Waals surface area contributed by atoms with Crippen LogP contribution in [0, 0.1) is 11.3 Å². The van der Waals surface area contributed by atoms with Crippen molar-refractivity contribution in [3.05, 3.63) is 77.1 Å². The quantitative estimate of drug-likeness (QED) is 0.749. The molecule has 26 heavy (non-hydrogen) atoms. The van der Waals surface area contributed by atoms with Gasteiger partial charge in [0.1, 0.15) is 17.4 Å². The second-order valence-corrected chi connectivity index (χ2v) is 6.01. The van der Waals surface area contributed by atoms with E-state index in [1.54, 1.807) is 6.26 Å². The van der Waals surface area contributed by atoms with E-state index >= 15 is 0 Å². The maximum Gasteiger partial charge on any atom is 0.244 e. The van der Waals surface area contributed by atoms with E-state index in [1.807, 2.05) is 55.5 Å². The van der Waals surface area contributed by atoms with Gasteiger partial charge in [0.25, 0.3) is 0 Å². The molecule has 0 unspecified atom stereocenters. The largest absolute Gasteiger partial charge is 0.465 e. The number of nitrogens with one attached hydrogen (secondary N) is 1. The van der Waals surface area contributed by atoms with E-state index in [-0.39, 0.29) is 11.8 Å². The summed E-state index contributed by atoms with van der Waals surface area (Å²) in [7, 11) is 0. The number of aromatic nitrogens is 2. The molecule has 1 atom stereocenters. The Balaban J connectivity index is 1.90. The van der Waals surface area contributed by atoms with Crippen LogP contribution in [0.25, 0.3) is 17.3 Å². The van der Waals surface area contributed by atoms with E-state index in [9.17, 15) is 5.26 Å². The molecule has 4 rings (SSSR count). The number of hydrogen-bond acceptors (Lipinski definition) is 5. The number of nitrogens with zero attached hydrogens (tertiary/aromatic N) is 2. The van der Waals surface area contributed by atoms with Crippen LogP contribution in [0.1, 0.15) is 24.2 Å². The van der Waals surface area contributed by atoms with Crippen LogP contribution in [0.5, 0.6) is 5.88 Å².